The van der Waals surface area contributed by atoms with Gasteiger partial charge in [-0.1, -0.05) is 6.07 Å². The van der Waals surface area contributed by atoms with Crippen LogP contribution in [0.3, 0.4) is 0 Å². The Morgan fingerprint density at radius 1 is 0.980 bits per heavy atom. The summed E-state index contributed by atoms with van der Waals surface area (Å²) in [5.41, 5.74) is 0.990. The molecule has 0 bridgehead atoms. The summed E-state index contributed by atoms with van der Waals surface area (Å²) >= 11 is 0. The van der Waals surface area contributed by atoms with Crippen molar-refractivity contribution in [3.05, 3.63) is 64.3 Å². The van der Waals surface area contributed by atoms with Gasteiger partial charge in [0.25, 0.3) is 5.91 Å². The normalized spacial score (nSPS) is 19.4. The average Bonchev–Trinajstić information content (AvgIpc) is 3.49. The van der Waals surface area contributed by atoms with Crippen molar-refractivity contribution in [3.63, 3.8) is 0 Å². The third kappa shape index (κ3) is 6.04. The number of nitrogens with one attached hydrogen (secondary N) is 3. The van der Waals surface area contributed by atoms with Gasteiger partial charge in [0.05, 0.1) is 17.5 Å². The second-order valence-electron chi connectivity index (χ2n) is 12.9. The molecule has 7 rings (SSSR count). The maximum Gasteiger partial charge on any atom is 0.329 e. The first-order valence-electron chi connectivity index (χ1n) is 16.1. The Morgan fingerprint density at radius 3 is 2.41 bits per heavy atom. The molecule has 0 saturated carbocycles. The van der Waals surface area contributed by atoms with Crippen molar-refractivity contribution in [2.24, 2.45) is 13.0 Å². The van der Waals surface area contributed by atoms with Gasteiger partial charge < -0.3 is 15.3 Å². The fraction of sp³-hybridized carbons (Fsp3) is 0.333. The van der Waals surface area contributed by atoms with Gasteiger partial charge in [0.1, 0.15) is 24.0 Å². The zero-order valence-corrected chi connectivity index (χ0v) is 28.0. The fourth-order valence-electron chi connectivity index (χ4n) is 6.97. The molecule has 3 saturated heterocycles. The van der Waals surface area contributed by atoms with Gasteiger partial charge in [-0.25, -0.2) is 18.2 Å². The highest BCUT2D eigenvalue weighted by Gasteiger charge is 2.38. The van der Waals surface area contributed by atoms with Crippen LogP contribution >= 0.6 is 0 Å². The number of imidazole rings is 1. The van der Waals surface area contributed by atoms with E-state index in [-0.39, 0.29) is 47.8 Å². The van der Waals surface area contributed by atoms with Gasteiger partial charge in [-0.2, -0.15) is 8.42 Å². The molecule has 3 aromatic carbocycles. The van der Waals surface area contributed by atoms with Crippen LogP contribution in [0, 0.1) is 11.7 Å². The standard InChI is InChI=1S/C33H32FN7O9S/c1-38-24-12-17(2-5-22(24)41(33(38)48)23-6-7-26(43)36-32(23)47)13-28(45)39-10-8-18(9-11-39)31(46)35-20-3-4-21-19(14-20)15-25(42)30(29(21)34)40-16-27(44)37-51(40,49)50/h2-5,12,14-15,18,23,42H,6-11,13,16H2,1H3,(H,35,46)(H,37,44)(H,36,43,47). The molecule has 4 aromatic rings. The van der Waals surface area contributed by atoms with E-state index in [1.807, 2.05) is 0 Å². The number of likely N-dealkylation sites (tertiary alicyclic amines) is 1. The predicted molar refractivity (Wildman–Crippen MR) is 180 cm³/mol. The number of piperidine rings is 2. The highest BCUT2D eigenvalue weighted by molar-refractivity contribution is 7.92. The molecule has 3 aliphatic heterocycles. The highest BCUT2D eigenvalue weighted by atomic mass is 32.2. The highest BCUT2D eigenvalue weighted by Crippen LogP contribution is 2.39. The van der Waals surface area contributed by atoms with Crippen LogP contribution in [0.25, 0.3) is 21.8 Å². The van der Waals surface area contributed by atoms with Crippen molar-refractivity contribution in [1.82, 2.24) is 24.1 Å². The van der Waals surface area contributed by atoms with Crippen LogP contribution < -0.4 is 25.4 Å². The molecule has 18 heteroatoms. The van der Waals surface area contributed by atoms with Crippen molar-refractivity contribution in [3.8, 4) is 5.75 Å². The molecule has 1 atom stereocenters. The number of aryl methyl sites for hydroxylation is 1. The molecular formula is C33H32FN7O9S. The van der Waals surface area contributed by atoms with Crippen LogP contribution in [0.15, 0.2) is 47.3 Å². The lowest BCUT2D eigenvalue weighted by molar-refractivity contribution is -0.136. The number of halogens is 1. The molecule has 0 spiro atoms. The topological polar surface area (TPSA) is 209 Å². The third-order valence-corrected chi connectivity index (χ3v) is 11.0. The minimum absolute atomic E-state index is 0.0320. The number of aromatic hydroxyl groups is 1. The summed E-state index contributed by atoms with van der Waals surface area (Å²) < 4.78 is 44.8. The van der Waals surface area contributed by atoms with Crippen LogP contribution in [0.2, 0.25) is 0 Å². The molecule has 16 nitrogen and oxygen atoms in total. The van der Waals surface area contributed by atoms with Crippen LogP contribution in [-0.2, 0) is 47.7 Å². The molecule has 4 N–H and O–H groups in total. The van der Waals surface area contributed by atoms with Crippen molar-refractivity contribution < 1.29 is 41.9 Å². The van der Waals surface area contributed by atoms with E-state index in [0.717, 1.165) is 6.07 Å². The van der Waals surface area contributed by atoms with E-state index in [0.29, 0.717) is 52.5 Å². The van der Waals surface area contributed by atoms with Crippen molar-refractivity contribution in [2.75, 3.05) is 29.3 Å². The monoisotopic (exact) mass is 721 g/mol. The lowest BCUT2D eigenvalue weighted by Crippen LogP contribution is -2.44. The Hall–Kier alpha value is -5.78. The quantitative estimate of drug-likeness (QED) is 0.208. The lowest BCUT2D eigenvalue weighted by atomic mass is 9.95. The van der Waals surface area contributed by atoms with Crippen LogP contribution in [0.4, 0.5) is 15.8 Å². The maximum absolute atomic E-state index is 15.4. The molecule has 266 valence electrons. The second kappa shape index (κ2) is 12.5. The van der Waals surface area contributed by atoms with Gasteiger partial charge in [0.15, 0.2) is 5.82 Å². The number of carbonyl (C=O) groups is 5. The third-order valence-electron chi connectivity index (χ3n) is 9.62. The smallest absolute Gasteiger partial charge is 0.329 e. The largest absolute Gasteiger partial charge is 0.506 e. The molecular weight excluding hydrogens is 689 g/mol. The molecule has 1 aromatic heterocycles. The number of benzene rings is 3. The molecule has 4 heterocycles. The fourth-order valence-corrected chi connectivity index (χ4v) is 8.13. The van der Waals surface area contributed by atoms with Gasteiger partial charge in [0, 0.05) is 43.5 Å². The van der Waals surface area contributed by atoms with Crippen molar-refractivity contribution >= 4 is 72.9 Å². The number of fused-ring (bicyclic) bond motifs is 2. The number of anilines is 2. The van der Waals surface area contributed by atoms with Gasteiger partial charge in [-0.3, -0.25) is 38.4 Å². The van der Waals surface area contributed by atoms with Gasteiger partial charge in [0.2, 0.25) is 23.6 Å². The SMILES string of the molecule is Cn1c(=O)n(C2CCC(=O)NC2=O)c2ccc(CC(=O)N3CCC(C(=O)Nc4ccc5c(F)c(N6CC(=O)NS6(=O)=O)c(O)cc5c4)CC3)cc21. The van der Waals surface area contributed by atoms with Gasteiger partial charge >= 0.3 is 15.9 Å². The minimum atomic E-state index is -4.36. The lowest BCUT2D eigenvalue weighted by Gasteiger charge is -2.31. The first-order valence-corrected chi connectivity index (χ1v) is 17.6. The minimum Gasteiger partial charge on any atom is -0.506 e. The Morgan fingerprint density at radius 2 is 1.73 bits per heavy atom. The van der Waals surface area contributed by atoms with Crippen LogP contribution in [0.5, 0.6) is 5.75 Å². The first kappa shape index (κ1) is 33.7. The summed E-state index contributed by atoms with van der Waals surface area (Å²) in [5.74, 6) is -4.39. The number of aromatic nitrogens is 2. The van der Waals surface area contributed by atoms with E-state index in [9.17, 15) is 42.3 Å². The number of amides is 5. The number of hydrogen-bond acceptors (Lipinski definition) is 9. The number of phenols is 1. The number of carbonyl (C=O) groups excluding carboxylic acids is 5. The predicted octanol–water partition coefficient (Wildman–Crippen LogP) is 0.916. The van der Waals surface area contributed by atoms with E-state index >= 15 is 4.39 Å². The van der Waals surface area contributed by atoms with E-state index in [1.165, 1.54) is 27.3 Å². The second-order valence-corrected chi connectivity index (χ2v) is 14.4. The molecule has 5 amide bonds. The van der Waals surface area contributed by atoms with E-state index in [4.69, 9.17) is 0 Å². The van der Waals surface area contributed by atoms with Crippen molar-refractivity contribution in [1.29, 1.82) is 0 Å². The first-order chi connectivity index (χ1) is 24.2. The Bertz CT molecular complexity index is 2360. The summed E-state index contributed by atoms with van der Waals surface area (Å²) in [5, 5.41) is 15.7. The zero-order valence-electron chi connectivity index (χ0n) is 27.1. The van der Waals surface area contributed by atoms with Gasteiger partial charge in [-0.05, 0) is 66.6 Å². The molecule has 1 unspecified atom stereocenters. The van der Waals surface area contributed by atoms with E-state index in [1.54, 1.807) is 34.9 Å². The Labute approximate surface area is 289 Å². The summed E-state index contributed by atoms with van der Waals surface area (Å²) in [6, 6.07) is 9.70. The summed E-state index contributed by atoms with van der Waals surface area (Å²) in [6.45, 7) is -0.0164. The number of rotatable bonds is 6. The van der Waals surface area contributed by atoms with Crippen molar-refractivity contribution in [2.45, 2.75) is 38.1 Å². The Balaban J connectivity index is 0.982. The molecule has 0 aliphatic carbocycles. The molecule has 3 fully saturated rings. The number of nitrogens with zero attached hydrogens (tertiary/aromatic N) is 4. The number of imide groups is 1. The van der Waals surface area contributed by atoms with Crippen LogP contribution in [0.1, 0.15) is 37.3 Å². The maximum atomic E-state index is 15.4. The molecule has 0 radical (unpaired) electrons. The average molecular weight is 722 g/mol. The Kier molecular flexibility index (Phi) is 8.28. The van der Waals surface area contributed by atoms with Gasteiger partial charge in [-0.15, -0.1) is 0 Å². The van der Waals surface area contributed by atoms with Crippen LogP contribution in [-0.4, -0.2) is 76.7 Å². The molecule has 3 aliphatic rings. The molecule has 51 heavy (non-hydrogen) atoms. The zero-order chi connectivity index (χ0) is 36.4. The number of phenolic OH excluding ortho intramolecular Hbond substituents is 1. The number of hydrogen-bond donors (Lipinski definition) is 4. The summed E-state index contributed by atoms with van der Waals surface area (Å²) in [4.78, 5) is 76.8. The van der Waals surface area contributed by atoms with E-state index < -0.39 is 63.5 Å². The summed E-state index contributed by atoms with van der Waals surface area (Å²) in [6.07, 6.45) is 1.18. The van der Waals surface area contributed by atoms with E-state index in [2.05, 4.69) is 10.6 Å². The summed E-state index contributed by atoms with van der Waals surface area (Å²) in [7, 11) is -2.78.